The van der Waals surface area contributed by atoms with Crippen molar-refractivity contribution in [1.29, 1.82) is 0 Å². The van der Waals surface area contributed by atoms with Crippen LogP contribution in [0.2, 0.25) is 0 Å². The topological polar surface area (TPSA) is 125 Å². The second-order valence-corrected chi connectivity index (χ2v) is 6.08. The van der Waals surface area contributed by atoms with Crippen LogP contribution in [0.5, 0.6) is 0 Å². The van der Waals surface area contributed by atoms with E-state index in [0.29, 0.717) is 12.0 Å². The third kappa shape index (κ3) is 5.36. The molecule has 0 amide bonds. The SMILES string of the molecule is COC(/C=C/[PH](O)(O)O)CCn1cc(C)c(=O)[nH]c1=O. The Morgan fingerprint density at radius 1 is 1.45 bits per heavy atom. The minimum absolute atomic E-state index is 0.274. The van der Waals surface area contributed by atoms with E-state index in [2.05, 4.69) is 4.98 Å². The van der Waals surface area contributed by atoms with Crippen molar-refractivity contribution in [3.05, 3.63) is 44.5 Å². The molecule has 1 atom stereocenters. The molecule has 1 unspecified atom stereocenters. The van der Waals surface area contributed by atoms with Crippen molar-refractivity contribution in [1.82, 2.24) is 9.55 Å². The first kappa shape index (κ1) is 16.7. The fraction of sp³-hybridized carbons (Fsp3) is 0.455. The van der Waals surface area contributed by atoms with Gasteiger partial charge in [-0.25, -0.2) is 0 Å². The van der Waals surface area contributed by atoms with Crippen LogP contribution in [-0.2, 0) is 11.3 Å². The summed E-state index contributed by atoms with van der Waals surface area (Å²) in [5.74, 6) is 0.905. The maximum atomic E-state index is 11.5. The number of hydrogen-bond donors (Lipinski definition) is 4. The average Bonchev–Trinajstić information content (AvgIpc) is 2.34. The summed E-state index contributed by atoms with van der Waals surface area (Å²) in [6.07, 6.45) is 2.65. The fourth-order valence-corrected chi connectivity index (χ4v) is 2.05. The first-order valence-electron chi connectivity index (χ1n) is 5.92. The number of aryl methyl sites for hydroxylation is 2. The number of hydrogen-bond acceptors (Lipinski definition) is 6. The minimum atomic E-state index is -4.25. The van der Waals surface area contributed by atoms with Crippen LogP contribution in [0.4, 0.5) is 0 Å². The van der Waals surface area contributed by atoms with Crippen molar-refractivity contribution < 1.29 is 19.4 Å². The van der Waals surface area contributed by atoms with Gasteiger partial charge in [0, 0.05) is 0 Å². The van der Waals surface area contributed by atoms with E-state index in [0.717, 1.165) is 5.82 Å². The van der Waals surface area contributed by atoms with Gasteiger partial charge in [0.1, 0.15) is 0 Å². The zero-order valence-corrected chi connectivity index (χ0v) is 12.2. The van der Waals surface area contributed by atoms with Crippen LogP contribution >= 0.6 is 7.94 Å². The van der Waals surface area contributed by atoms with Gasteiger partial charge >= 0.3 is 115 Å². The molecular weight excluding hydrogens is 287 g/mol. The number of aromatic amines is 1. The second-order valence-electron chi connectivity index (χ2n) is 4.37. The summed E-state index contributed by atoms with van der Waals surface area (Å²) in [6.45, 7) is 1.86. The maximum absolute atomic E-state index is 11.5. The third-order valence-corrected chi connectivity index (χ3v) is 3.32. The molecule has 0 bridgehead atoms. The van der Waals surface area contributed by atoms with Gasteiger partial charge in [0.05, 0.1) is 0 Å². The number of ether oxygens (including phenoxy) is 1. The van der Waals surface area contributed by atoms with Gasteiger partial charge in [-0.3, -0.25) is 0 Å². The molecule has 9 heteroatoms. The van der Waals surface area contributed by atoms with Crippen molar-refractivity contribution in [2.45, 2.75) is 26.0 Å². The molecule has 8 nitrogen and oxygen atoms in total. The molecule has 1 aromatic heterocycles. The summed E-state index contributed by atoms with van der Waals surface area (Å²) in [7, 11) is -2.83. The summed E-state index contributed by atoms with van der Waals surface area (Å²) >= 11 is 0. The Balaban J connectivity index is 2.75. The standard InChI is InChI=1S/C11H19N2O6P/c1-8-7-13(11(15)12-10(8)14)5-3-9(19-2)4-6-20(16,17)18/h4,6-7,9,16-18,20H,3,5H2,1-2H3,(H,12,14,15)/b6-4+. The number of rotatable bonds is 6. The molecule has 0 radical (unpaired) electrons. The number of methoxy groups -OCH3 is 1. The van der Waals surface area contributed by atoms with Crippen LogP contribution in [0.3, 0.4) is 0 Å². The van der Waals surface area contributed by atoms with E-state index in [1.165, 1.54) is 23.9 Å². The monoisotopic (exact) mass is 306 g/mol. The summed E-state index contributed by atoms with van der Waals surface area (Å²) in [4.78, 5) is 51.6. The molecule has 4 N–H and O–H groups in total. The van der Waals surface area contributed by atoms with E-state index in [1.54, 1.807) is 6.92 Å². The van der Waals surface area contributed by atoms with Crippen LogP contribution in [0.25, 0.3) is 0 Å². The predicted molar refractivity (Wildman–Crippen MR) is 75.6 cm³/mol. The molecule has 0 aliphatic heterocycles. The zero-order valence-electron chi connectivity index (χ0n) is 11.2. The first-order chi connectivity index (χ1) is 9.23. The van der Waals surface area contributed by atoms with Crippen LogP contribution in [0.1, 0.15) is 12.0 Å². The Morgan fingerprint density at radius 3 is 2.65 bits per heavy atom. The Hall–Kier alpha value is -1.31. The van der Waals surface area contributed by atoms with Gasteiger partial charge in [0.25, 0.3) is 0 Å². The normalized spacial score (nSPS) is 14.7. The van der Waals surface area contributed by atoms with E-state index in [4.69, 9.17) is 19.4 Å². The van der Waals surface area contributed by atoms with Crippen LogP contribution in [0.15, 0.2) is 27.7 Å². The van der Waals surface area contributed by atoms with Crippen molar-refractivity contribution in [2.75, 3.05) is 7.11 Å². The van der Waals surface area contributed by atoms with Crippen molar-refractivity contribution >= 4 is 7.94 Å². The van der Waals surface area contributed by atoms with Gasteiger partial charge in [-0.05, 0) is 0 Å². The molecule has 0 aliphatic carbocycles. The summed E-state index contributed by atoms with van der Waals surface area (Å²) in [5.41, 5.74) is -0.526. The van der Waals surface area contributed by atoms with Gasteiger partial charge < -0.3 is 0 Å². The van der Waals surface area contributed by atoms with Gasteiger partial charge in [0.15, 0.2) is 0 Å². The summed E-state index contributed by atoms with van der Waals surface area (Å²) in [6, 6.07) is 0. The van der Waals surface area contributed by atoms with E-state index in [1.807, 2.05) is 0 Å². The van der Waals surface area contributed by atoms with Crippen molar-refractivity contribution in [2.24, 2.45) is 0 Å². The molecule has 0 spiro atoms. The second kappa shape index (κ2) is 6.92. The molecule has 0 fully saturated rings. The fourth-order valence-electron chi connectivity index (χ4n) is 1.58. The number of aromatic nitrogens is 2. The van der Waals surface area contributed by atoms with Gasteiger partial charge in [-0.15, -0.1) is 0 Å². The molecule has 1 rings (SSSR count). The van der Waals surface area contributed by atoms with Crippen molar-refractivity contribution in [3.8, 4) is 0 Å². The Labute approximate surface area is 115 Å². The molecule has 114 valence electrons. The average molecular weight is 306 g/mol. The molecule has 20 heavy (non-hydrogen) atoms. The van der Waals surface area contributed by atoms with Crippen LogP contribution in [-0.4, -0.2) is 37.4 Å². The van der Waals surface area contributed by atoms with Crippen LogP contribution in [0, 0.1) is 6.92 Å². The molecule has 1 aromatic rings. The predicted octanol–water partition coefficient (Wildman–Crippen LogP) is -0.764. The molecular formula is C11H19N2O6P. The molecule has 0 aromatic carbocycles. The van der Waals surface area contributed by atoms with Crippen LogP contribution < -0.4 is 11.2 Å². The summed E-state index contributed by atoms with van der Waals surface area (Å²) in [5, 5.41) is 0. The molecule has 1 heterocycles. The molecule has 0 saturated heterocycles. The Bertz CT molecular complexity index is 586. The van der Waals surface area contributed by atoms with Gasteiger partial charge in [-0.1, -0.05) is 0 Å². The summed E-state index contributed by atoms with van der Waals surface area (Å²) < 4.78 is 6.41. The first-order valence-corrected chi connectivity index (χ1v) is 7.84. The van der Waals surface area contributed by atoms with Gasteiger partial charge in [0.2, 0.25) is 0 Å². The van der Waals surface area contributed by atoms with Crippen molar-refractivity contribution in [3.63, 3.8) is 0 Å². The van der Waals surface area contributed by atoms with Gasteiger partial charge in [-0.2, -0.15) is 0 Å². The van der Waals surface area contributed by atoms with E-state index in [9.17, 15) is 9.59 Å². The Kier molecular flexibility index (Phi) is 5.79. The number of H-pyrrole nitrogens is 1. The Morgan fingerprint density at radius 2 is 2.10 bits per heavy atom. The van der Waals surface area contributed by atoms with E-state index < -0.39 is 25.3 Å². The number of nitrogens with zero attached hydrogens (tertiary/aromatic N) is 1. The number of nitrogens with one attached hydrogen (secondary N) is 1. The molecule has 0 aliphatic rings. The third-order valence-electron chi connectivity index (χ3n) is 2.68. The van der Waals surface area contributed by atoms with E-state index >= 15 is 0 Å². The zero-order chi connectivity index (χ0) is 15.3. The van der Waals surface area contributed by atoms with E-state index in [-0.39, 0.29) is 6.54 Å². The molecule has 0 saturated carbocycles. The quantitative estimate of drug-likeness (QED) is 0.512.